The normalized spacial score (nSPS) is 11.6. The van der Waals surface area contributed by atoms with E-state index in [4.69, 9.17) is 27.1 Å². The van der Waals surface area contributed by atoms with E-state index in [1.54, 1.807) is 12.1 Å². The van der Waals surface area contributed by atoms with E-state index in [9.17, 15) is 4.79 Å². The molecule has 0 saturated heterocycles. The third-order valence-electron chi connectivity index (χ3n) is 5.15. The van der Waals surface area contributed by atoms with Gasteiger partial charge in [0.2, 0.25) is 21.7 Å². The maximum absolute atomic E-state index is 13.3. The predicted octanol–water partition coefficient (Wildman–Crippen LogP) is 5.40. The Labute approximate surface area is 181 Å². The molecule has 1 aliphatic carbocycles. The molecule has 0 unspecified atom stereocenters. The molecular weight excluding hydrogens is 412 g/mol. The molecule has 2 aliphatic rings. The van der Waals surface area contributed by atoms with Crippen LogP contribution >= 0.6 is 12.2 Å². The Balaban J connectivity index is 1.81. The van der Waals surface area contributed by atoms with E-state index in [-0.39, 0.29) is 33.2 Å². The van der Waals surface area contributed by atoms with Crippen LogP contribution in [0.1, 0.15) is 25.3 Å². The van der Waals surface area contributed by atoms with Crippen molar-refractivity contribution >= 4 is 40.0 Å². The van der Waals surface area contributed by atoms with Gasteiger partial charge in [-0.2, -0.15) is 4.98 Å². The van der Waals surface area contributed by atoms with Gasteiger partial charge in [0.25, 0.3) is 5.71 Å². The second-order valence-electron chi connectivity index (χ2n) is 7.53. The molecular formula is C23H18N4O3S. The number of fused-ring (bicyclic) bond motifs is 4. The fourth-order valence-corrected chi connectivity index (χ4v) is 3.72. The number of nitrogens with one attached hydrogen (secondary N) is 1. The van der Waals surface area contributed by atoms with E-state index in [0.29, 0.717) is 33.7 Å². The maximum Gasteiger partial charge on any atom is 0.252 e. The quantitative estimate of drug-likeness (QED) is 0.224. The zero-order chi connectivity index (χ0) is 21.7. The van der Waals surface area contributed by atoms with Crippen molar-refractivity contribution < 1.29 is 9.15 Å². The number of nitrogens with zero attached hydrogens (tertiary/aromatic N) is 2. The average molecular weight is 430 g/mol. The molecule has 5 rings (SSSR count). The highest BCUT2D eigenvalue weighted by Crippen LogP contribution is 2.38. The van der Waals surface area contributed by atoms with E-state index in [2.05, 4.69) is 28.8 Å². The summed E-state index contributed by atoms with van der Waals surface area (Å²) < 4.78 is 12.2. The van der Waals surface area contributed by atoms with Gasteiger partial charge in [0.05, 0.1) is 0 Å². The molecule has 7 nitrogen and oxygen atoms in total. The number of ether oxygens (including phenoxy) is 1. The van der Waals surface area contributed by atoms with Gasteiger partial charge in [-0.05, 0) is 35.8 Å². The number of H-pyrrole nitrogens is 1. The molecule has 0 atom stereocenters. The van der Waals surface area contributed by atoms with E-state index in [1.165, 1.54) is 5.56 Å². The van der Waals surface area contributed by atoms with Gasteiger partial charge in [-0.1, -0.05) is 50.2 Å². The summed E-state index contributed by atoms with van der Waals surface area (Å²) in [5.41, 5.74) is 7.83. The van der Waals surface area contributed by atoms with Gasteiger partial charge < -0.3 is 19.9 Å². The smallest absolute Gasteiger partial charge is 0.252 e. The Hall–Kier alpha value is -3.78. The van der Waals surface area contributed by atoms with Gasteiger partial charge in [0.1, 0.15) is 17.3 Å². The van der Waals surface area contributed by atoms with Crippen LogP contribution in [0.25, 0.3) is 33.5 Å². The minimum atomic E-state index is -0.296. The number of hydrogen-bond donors (Lipinski definition) is 2. The fourth-order valence-electron chi connectivity index (χ4n) is 3.53. The van der Waals surface area contributed by atoms with Crippen LogP contribution in [-0.4, -0.2) is 15.0 Å². The van der Waals surface area contributed by atoms with E-state index >= 15 is 0 Å². The summed E-state index contributed by atoms with van der Waals surface area (Å²) in [6.45, 7) is 4.23. The lowest BCUT2D eigenvalue weighted by Crippen LogP contribution is -2.10. The highest BCUT2D eigenvalue weighted by molar-refractivity contribution is 7.71. The Morgan fingerprint density at radius 2 is 1.77 bits per heavy atom. The van der Waals surface area contributed by atoms with Crippen molar-refractivity contribution in [3.63, 3.8) is 0 Å². The molecule has 3 aromatic rings. The molecule has 2 aromatic carbocycles. The van der Waals surface area contributed by atoms with Gasteiger partial charge in [-0.25, -0.2) is 4.98 Å². The molecule has 0 spiro atoms. The van der Waals surface area contributed by atoms with Crippen LogP contribution in [0.4, 0.5) is 5.82 Å². The third-order valence-corrected chi connectivity index (χ3v) is 5.34. The molecule has 0 bridgehead atoms. The number of hydrogen-bond acceptors (Lipinski definition) is 7. The molecule has 2 heterocycles. The molecule has 3 N–H and O–H groups in total. The first-order valence-electron chi connectivity index (χ1n) is 9.75. The third kappa shape index (κ3) is 3.21. The Kier molecular flexibility index (Phi) is 4.44. The topological polar surface area (TPSA) is 107 Å². The van der Waals surface area contributed by atoms with Gasteiger partial charge >= 0.3 is 0 Å². The Bertz CT molecular complexity index is 1540. The molecule has 154 valence electrons. The summed E-state index contributed by atoms with van der Waals surface area (Å²) in [5.74, 6) is 1.38. The zero-order valence-corrected chi connectivity index (χ0v) is 17.6. The molecule has 1 aromatic heterocycles. The van der Waals surface area contributed by atoms with Crippen molar-refractivity contribution in [2.24, 2.45) is 0 Å². The van der Waals surface area contributed by atoms with Crippen LogP contribution in [-0.2, 0) is 0 Å². The van der Waals surface area contributed by atoms with Crippen molar-refractivity contribution in [3.8, 4) is 23.0 Å². The summed E-state index contributed by atoms with van der Waals surface area (Å²) in [7, 11) is 0. The Morgan fingerprint density at radius 1 is 1.06 bits per heavy atom. The molecule has 8 heteroatoms. The van der Waals surface area contributed by atoms with Crippen LogP contribution in [0.2, 0.25) is 0 Å². The van der Waals surface area contributed by atoms with Crippen LogP contribution < -0.4 is 15.9 Å². The highest BCUT2D eigenvalue weighted by atomic mass is 32.1. The minimum absolute atomic E-state index is 0.0412. The largest absolute Gasteiger partial charge is 0.449 e. The molecule has 0 amide bonds. The monoisotopic (exact) mass is 430 g/mol. The lowest BCUT2D eigenvalue weighted by Gasteiger charge is -2.15. The summed E-state index contributed by atoms with van der Waals surface area (Å²) in [6, 6.07) is 14.8. The number of benzene rings is 3. The second-order valence-corrected chi connectivity index (χ2v) is 7.92. The maximum atomic E-state index is 13.3. The predicted molar refractivity (Wildman–Crippen MR) is 122 cm³/mol. The number of aromatic amines is 1. The number of nitrogens with two attached hydrogens (primary N) is 1. The van der Waals surface area contributed by atoms with Crippen molar-refractivity contribution in [1.29, 1.82) is 0 Å². The van der Waals surface area contributed by atoms with Crippen LogP contribution in [0.15, 0.2) is 57.7 Å². The van der Waals surface area contributed by atoms with Crippen molar-refractivity contribution in [2.45, 2.75) is 19.8 Å². The SMILES string of the molecule is CC(C)c1ccc(Oc2c3oc4nc(=S)[nH]c(N)c4nc-3c3ccccc3c2=O)cc1. The highest BCUT2D eigenvalue weighted by Gasteiger charge is 2.25. The Morgan fingerprint density at radius 3 is 2.48 bits per heavy atom. The summed E-state index contributed by atoms with van der Waals surface area (Å²) in [4.78, 5) is 24.9. The molecule has 0 saturated carbocycles. The van der Waals surface area contributed by atoms with Crippen LogP contribution in [0.3, 0.4) is 0 Å². The number of rotatable bonds is 3. The number of aromatic nitrogens is 3. The van der Waals surface area contributed by atoms with E-state index in [1.807, 2.05) is 36.4 Å². The zero-order valence-electron chi connectivity index (χ0n) is 16.8. The number of anilines is 1. The summed E-state index contributed by atoms with van der Waals surface area (Å²) in [6.07, 6.45) is 0. The molecule has 0 fully saturated rings. The first-order valence-corrected chi connectivity index (χ1v) is 10.2. The van der Waals surface area contributed by atoms with Gasteiger partial charge in [-0.3, -0.25) is 4.79 Å². The van der Waals surface area contributed by atoms with Gasteiger partial charge in [0, 0.05) is 10.8 Å². The van der Waals surface area contributed by atoms with Gasteiger partial charge in [0.15, 0.2) is 5.52 Å². The van der Waals surface area contributed by atoms with Gasteiger partial charge in [-0.15, -0.1) is 0 Å². The fraction of sp³-hybridized carbons (Fsp3) is 0.130. The average Bonchev–Trinajstić information content (AvgIpc) is 2.76. The van der Waals surface area contributed by atoms with E-state index < -0.39 is 0 Å². The first kappa shape index (κ1) is 19.2. The molecule has 0 radical (unpaired) electrons. The summed E-state index contributed by atoms with van der Waals surface area (Å²) in [5, 5.41) is 1.11. The lowest BCUT2D eigenvalue weighted by atomic mass is 10.0. The van der Waals surface area contributed by atoms with Crippen molar-refractivity contribution in [2.75, 3.05) is 5.73 Å². The summed E-state index contributed by atoms with van der Waals surface area (Å²) >= 11 is 5.10. The lowest BCUT2D eigenvalue weighted by molar-refractivity contribution is 0.457. The molecule has 31 heavy (non-hydrogen) atoms. The molecule has 1 aliphatic heterocycles. The van der Waals surface area contributed by atoms with Crippen molar-refractivity contribution in [1.82, 2.24) is 15.0 Å². The first-order chi connectivity index (χ1) is 14.9. The van der Waals surface area contributed by atoms with Crippen LogP contribution in [0.5, 0.6) is 11.5 Å². The minimum Gasteiger partial charge on any atom is -0.449 e. The number of nitrogen functional groups attached to an aromatic ring is 1. The van der Waals surface area contributed by atoms with Crippen LogP contribution in [0, 0.1) is 4.77 Å². The standard InChI is InChI=1S/C23H18N4O3S/c1-11(2)12-7-9-13(10-8-12)29-20-18(28)15-6-4-3-5-14(15)16-19(20)30-22-17(25-16)21(24)26-23(31)27-22/h3-11H,1-2H3,(H3,24,26,27,31). The van der Waals surface area contributed by atoms with E-state index in [0.717, 1.165) is 0 Å². The second kappa shape index (κ2) is 7.17. The van der Waals surface area contributed by atoms with Crippen molar-refractivity contribution in [3.05, 3.63) is 69.1 Å².